The van der Waals surface area contributed by atoms with E-state index in [2.05, 4.69) is 36.6 Å². The van der Waals surface area contributed by atoms with E-state index < -0.39 is 0 Å². The monoisotopic (exact) mass is 217 g/mol. The predicted molar refractivity (Wildman–Crippen MR) is 64.7 cm³/mol. The summed E-state index contributed by atoms with van der Waals surface area (Å²) < 4.78 is 6.27. The average Bonchev–Trinajstić information content (AvgIpc) is 2.76. The molecule has 1 N–H and O–H groups in total. The summed E-state index contributed by atoms with van der Waals surface area (Å²) in [6.07, 6.45) is 6.21. The van der Waals surface area contributed by atoms with E-state index in [1.165, 1.54) is 31.2 Å². The Morgan fingerprint density at radius 3 is 2.75 bits per heavy atom. The highest BCUT2D eigenvalue weighted by atomic mass is 16.5. The maximum Gasteiger partial charge on any atom is 0.124 e. The molecule has 16 heavy (non-hydrogen) atoms. The first-order valence-electron chi connectivity index (χ1n) is 6.28. The molecule has 1 fully saturated rings. The van der Waals surface area contributed by atoms with Crippen molar-refractivity contribution in [1.29, 1.82) is 0 Å². The summed E-state index contributed by atoms with van der Waals surface area (Å²) >= 11 is 0. The van der Waals surface area contributed by atoms with Crippen molar-refractivity contribution in [3.05, 3.63) is 29.8 Å². The topological polar surface area (TPSA) is 21.3 Å². The first-order valence-corrected chi connectivity index (χ1v) is 6.28. The van der Waals surface area contributed by atoms with Gasteiger partial charge in [0.05, 0.1) is 0 Å². The fourth-order valence-corrected chi connectivity index (χ4v) is 3.20. The van der Waals surface area contributed by atoms with Gasteiger partial charge in [-0.05, 0) is 38.8 Å². The molecule has 2 nitrogen and oxygen atoms in total. The van der Waals surface area contributed by atoms with E-state index in [0.29, 0.717) is 6.04 Å². The summed E-state index contributed by atoms with van der Waals surface area (Å²) in [5.74, 6) is 1.09. The Labute approximate surface area is 97.0 Å². The van der Waals surface area contributed by atoms with Gasteiger partial charge in [0.15, 0.2) is 0 Å². The SMILES string of the molecule is CNC1CC2(CCCC2)Oc2ccccc21. The normalized spacial score (nSPS) is 26.4. The van der Waals surface area contributed by atoms with Crippen LogP contribution in [0.2, 0.25) is 0 Å². The molecular formula is C14H19NO. The lowest BCUT2D eigenvalue weighted by Gasteiger charge is -2.40. The number of fused-ring (bicyclic) bond motifs is 1. The van der Waals surface area contributed by atoms with Crippen LogP contribution in [0.1, 0.15) is 43.7 Å². The van der Waals surface area contributed by atoms with Crippen LogP contribution in [0.5, 0.6) is 5.75 Å². The van der Waals surface area contributed by atoms with E-state index in [1.54, 1.807) is 0 Å². The van der Waals surface area contributed by atoms with E-state index in [-0.39, 0.29) is 5.60 Å². The minimum atomic E-state index is 0.127. The van der Waals surface area contributed by atoms with Gasteiger partial charge in [-0.25, -0.2) is 0 Å². The third-order valence-electron chi connectivity index (χ3n) is 4.06. The summed E-state index contributed by atoms with van der Waals surface area (Å²) in [5, 5.41) is 3.43. The van der Waals surface area contributed by atoms with Crippen LogP contribution in [-0.2, 0) is 0 Å². The van der Waals surface area contributed by atoms with Crippen molar-refractivity contribution in [2.75, 3.05) is 7.05 Å². The number of benzene rings is 1. The van der Waals surface area contributed by atoms with Gasteiger partial charge in [0.25, 0.3) is 0 Å². The molecule has 0 amide bonds. The number of ether oxygens (including phenoxy) is 1. The van der Waals surface area contributed by atoms with Crippen molar-refractivity contribution in [3.8, 4) is 5.75 Å². The molecular weight excluding hydrogens is 198 g/mol. The zero-order valence-corrected chi connectivity index (χ0v) is 9.83. The summed E-state index contributed by atoms with van der Waals surface area (Å²) in [7, 11) is 2.05. The Morgan fingerprint density at radius 2 is 2.00 bits per heavy atom. The van der Waals surface area contributed by atoms with Gasteiger partial charge in [0, 0.05) is 18.0 Å². The first-order chi connectivity index (χ1) is 7.83. The third kappa shape index (κ3) is 1.52. The van der Waals surface area contributed by atoms with Crippen LogP contribution in [0, 0.1) is 0 Å². The molecule has 0 aromatic heterocycles. The van der Waals surface area contributed by atoms with Crippen LogP contribution in [0.25, 0.3) is 0 Å². The van der Waals surface area contributed by atoms with Crippen molar-refractivity contribution in [1.82, 2.24) is 5.32 Å². The highest BCUT2D eigenvalue weighted by molar-refractivity contribution is 5.39. The second kappa shape index (κ2) is 3.77. The Kier molecular flexibility index (Phi) is 2.40. The largest absolute Gasteiger partial charge is 0.487 e. The van der Waals surface area contributed by atoms with Gasteiger partial charge >= 0.3 is 0 Å². The van der Waals surface area contributed by atoms with Crippen molar-refractivity contribution < 1.29 is 4.74 Å². The predicted octanol–water partition coefficient (Wildman–Crippen LogP) is 3.04. The lowest BCUT2D eigenvalue weighted by molar-refractivity contribution is 0.0380. The molecule has 2 aliphatic rings. The minimum absolute atomic E-state index is 0.127. The van der Waals surface area contributed by atoms with Gasteiger partial charge < -0.3 is 10.1 Å². The van der Waals surface area contributed by atoms with Crippen molar-refractivity contribution in [3.63, 3.8) is 0 Å². The summed E-state index contributed by atoms with van der Waals surface area (Å²) in [5.41, 5.74) is 1.45. The lowest BCUT2D eigenvalue weighted by atomic mass is 9.86. The average molecular weight is 217 g/mol. The van der Waals surface area contributed by atoms with Gasteiger partial charge in [-0.3, -0.25) is 0 Å². The van der Waals surface area contributed by atoms with Crippen LogP contribution >= 0.6 is 0 Å². The van der Waals surface area contributed by atoms with Crippen LogP contribution in [0.3, 0.4) is 0 Å². The van der Waals surface area contributed by atoms with Gasteiger partial charge in [-0.2, -0.15) is 0 Å². The molecule has 1 aromatic rings. The number of nitrogens with one attached hydrogen (secondary N) is 1. The van der Waals surface area contributed by atoms with Crippen LogP contribution in [0.15, 0.2) is 24.3 Å². The molecule has 1 aliphatic heterocycles. The van der Waals surface area contributed by atoms with Gasteiger partial charge in [-0.1, -0.05) is 18.2 Å². The third-order valence-corrected chi connectivity index (χ3v) is 4.06. The zero-order valence-electron chi connectivity index (χ0n) is 9.83. The van der Waals surface area contributed by atoms with Gasteiger partial charge in [0.2, 0.25) is 0 Å². The molecule has 1 heterocycles. The molecule has 3 rings (SSSR count). The van der Waals surface area contributed by atoms with Gasteiger partial charge in [-0.15, -0.1) is 0 Å². The lowest BCUT2D eigenvalue weighted by Crippen LogP contribution is -2.41. The van der Waals surface area contributed by atoms with Crippen molar-refractivity contribution >= 4 is 0 Å². The van der Waals surface area contributed by atoms with Gasteiger partial charge in [0.1, 0.15) is 11.4 Å². The summed E-state index contributed by atoms with van der Waals surface area (Å²) in [6, 6.07) is 8.92. The summed E-state index contributed by atoms with van der Waals surface area (Å²) in [6.45, 7) is 0. The van der Waals surface area contributed by atoms with E-state index >= 15 is 0 Å². The Hall–Kier alpha value is -1.02. The summed E-state index contributed by atoms with van der Waals surface area (Å²) in [4.78, 5) is 0. The number of hydrogen-bond acceptors (Lipinski definition) is 2. The highest BCUT2D eigenvalue weighted by Gasteiger charge is 2.42. The second-order valence-corrected chi connectivity index (χ2v) is 5.08. The molecule has 0 saturated heterocycles. The van der Waals surface area contributed by atoms with Crippen molar-refractivity contribution in [2.45, 2.75) is 43.7 Å². The van der Waals surface area contributed by atoms with E-state index in [4.69, 9.17) is 4.74 Å². The number of hydrogen-bond donors (Lipinski definition) is 1. The van der Waals surface area contributed by atoms with Crippen LogP contribution in [-0.4, -0.2) is 12.6 Å². The Morgan fingerprint density at radius 1 is 1.25 bits per heavy atom. The maximum atomic E-state index is 6.27. The molecule has 1 aliphatic carbocycles. The molecule has 2 heteroatoms. The van der Waals surface area contributed by atoms with Crippen LogP contribution in [0.4, 0.5) is 0 Å². The standard InChI is InChI=1S/C14H19NO/c1-15-12-10-14(8-4-5-9-14)16-13-7-3-2-6-11(12)13/h2-3,6-7,12,15H,4-5,8-10H2,1H3. The van der Waals surface area contributed by atoms with E-state index in [0.717, 1.165) is 12.2 Å². The van der Waals surface area contributed by atoms with Crippen molar-refractivity contribution in [2.24, 2.45) is 0 Å². The molecule has 1 unspecified atom stereocenters. The molecule has 1 spiro atoms. The fraction of sp³-hybridized carbons (Fsp3) is 0.571. The number of rotatable bonds is 1. The maximum absolute atomic E-state index is 6.27. The van der Waals surface area contributed by atoms with Crippen LogP contribution < -0.4 is 10.1 Å². The minimum Gasteiger partial charge on any atom is -0.487 e. The Balaban J connectivity index is 1.98. The molecule has 1 atom stereocenters. The Bertz CT molecular complexity index is 382. The zero-order chi connectivity index (χ0) is 11.0. The smallest absolute Gasteiger partial charge is 0.124 e. The highest BCUT2D eigenvalue weighted by Crippen LogP contribution is 2.46. The fourth-order valence-electron chi connectivity index (χ4n) is 3.20. The quantitative estimate of drug-likeness (QED) is 0.780. The molecule has 0 radical (unpaired) electrons. The van der Waals surface area contributed by atoms with E-state index in [1.807, 2.05) is 0 Å². The first kappa shape index (κ1) is 10.2. The molecule has 1 aromatic carbocycles. The second-order valence-electron chi connectivity index (χ2n) is 5.08. The van der Waals surface area contributed by atoms with E-state index in [9.17, 15) is 0 Å². The number of para-hydroxylation sites is 1. The molecule has 0 bridgehead atoms. The molecule has 1 saturated carbocycles. The molecule has 86 valence electrons.